The first-order chi connectivity index (χ1) is 25.2. The Morgan fingerprint density at radius 3 is 2.71 bits per heavy atom. The second kappa shape index (κ2) is 15.7. The summed E-state index contributed by atoms with van der Waals surface area (Å²) in [5.74, 6) is 1.27. The molecule has 7 rings (SSSR count). The molecule has 0 bridgehead atoms. The van der Waals surface area contributed by atoms with Gasteiger partial charge in [-0.2, -0.15) is 5.26 Å². The Morgan fingerprint density at radius 2 is 1.88 bits per heavy atom. The smallest absolute Gasteiger partial charge is 0.320 e. The third-order valence-corrected chi connectivity index (χ3v) is 10.5. The maximum Gasteiger partial charge on any atom is 0.320 e. The zero-order valence-electron chi connectivity index (χ0n) is 29.5. The van der Waals surface area contributed by atoms with Crippen molar-refractivity contribution in [2.75, 3.05) is 26.7 Å². The molecule has 3 aromatic carbocycles. The molecule has 0 spiro atoms. The van der Waals surface area contributed by atoms with Crippen molar-refractivity contribution in [1.29, 1.82) is 5.26 Å². The van der Waals surface area contributed by atoms with Crippen LogP contribution < -0.4 is 9.47 Å². The summed E-state index contributed by atoms with van der Waals surface area (Å²) in [7, 11) is 2.15. The molecule has 2 unspecified atom stereocenters. The van der Waals surface area contributed by atoms with Crippen LogP contribution in [0.15, 0.2) is 71.4 Å². The van der Waals surface area contributed by atoms with Gasteiger partial charge in [0.1, 0.15) is 42.3 Å². The lowest BCUT2D eigenvalue weighted by Crippen LogP contribution is -2.44. The number of likely N-dealkylation sites (N-methyl/N-ethyl adjacent to an activating group) is 1. The first-order valence-corrected chi connectivity index (χ1v) is 18.2. The maximum atomic E-state index is 12.1. The van der Waals surface area contributed by atoms with Crippen LogP contribution in [0.1, 0.15) is 71.7 Å². The van der Waals surface area contributed by atoms with E-state index in [1.54, 1.807) is 24.4 Å². The van der Waals surface area contributed by atoms with Crippen molar-refractivity contribution in [2.45, 2.75) is 70.7 Å². The topological polar surface area (TPSA) is 125 Å². The van der Waals surface area contributed by atoms with Crippen LogP contribution in [-0.4, -0.2) is 63.6 Å². The number of fused-ring (bicyclic) bond motifs is 1. The molecule has 1 N–H and O–H groups in total. The Hall–Kier alpha value is -4.95. The number of aliphatic carboxylic acids is 1. The Morgan fingerprint density at radius 1 is 1.02 bits per heavy atom. The number of halogens is 1. The van der Waals surface area contributed by atoms with Crippen LogP contribution in [0, 0.1) is 18.3 Å². The number of pyridine rings is 1. The second-order valence-corrected chi connectivity index (χ2v) is 14.3. The lowest BCUT2D eigenvalue weighted by atomic mass is 9.96. The molecule has 2 saturated heterocycles. The number of benzene rings is 3. The molecule has 0 radical (unpaired) electrons. The summed E-state index contributed by atoms with van der Waals surface area (Å²) < 4.78 is 18.9. The first kappa shape index (κ1) is 35.5. The van der Waals surface area contributed by atoms with Crippen LogP contribution in [0.5, 0.6) is 11.5 Å². The molecule has 0 amide bonds. The van der Waals surface area contributed by atoms with E-state index in [0.717, 1.165) is 89.1 Å². The number of likely N-dealkylation sites (tertiary alicyclic amines) is 2. The second-order valence-electron chi connectivity index (χ2n) is 13.9. The highest BCUT2D eigenvalue weighted by Crippen LogP contribution is 2.37. The minimum absolute atomic E-state index is 0.162. The Bertz CT molecular complexity index is 2130. The summed E-state index contributed by atoms with van der Waals surface area (Å²) in [6, 6.07) is 19.2. The van der Waals surface area contributed by atoms with Crippen molar-refractivity contribution in [3.05, 3.63) is 106 Å². The molecule has 10 nitrogen and oxygen atoms in total. The van der Waals surface area contributed by atoms with Crippen LogP contribution in [-0.2, 0) is 24.6 Å². The lowest BCUT2D eigenvalue weighted by molar-refractivity contribution is -0.144. The van der Waals surface area contributed by atoms with Crippen molar-refractivity contribution in [3.8, 4) is 28.7 Å². The molecule has 2 fully saturated rings. The minimum Gasteiger partial charge on any atom is -0.488 e. The van der Waals surface area contributed by atoms with E-state index in [-0.39, 0.29) is 13.2 Å². The highest BCUT2D eigenvalue weighted by molar-refractivity contribution is 6.32. The quantitative estimate of drug-likeness (QED) is 0.143. The number of rotatable bonds is 11. The molecule has 0 aliphatic carbocycles. The fraction of sp³-hybridized carbons (Fsp3) is 0.366. The summed E-state index contributed by atoms with van der Waals surface area (Å²) in [5, 5.41) is 19.6. The summed E-state index contributed by atoms with van der Waals surface area (Å²) in [4.78, 5) is 25.4. The van der Waals surface area contributed by atoms with Crippen LogP contribution in [0.3, 0.4) is 0 Å². The van der Waals surface area contributed by atoms with Gasteiger partial charge in [0.15, 0.2) is 11.5 Å². The molecular weight excluding hydrogens is 678 g/mol. The predicted molar refractivity (Wildman–Crippen MR) is 198 cm³/mol. The number of nitrogens with zero attached hydrogens (tertiary/aromatic N) is 5. The minimum atomic E-state index is -0.830. The predicted octanol–water partition coefficient (Wildman–Crippen LogP) is 8.13. The van der Waals surface area contributed by atoms with Crippen LogP contribution in [0.4, 0.5) is 0 Å². The van der Waals surface area contributed by atoms with Crippen LogP contribution in [0.2, 0.25) is 5.02 Å². The van der Waals surface area contributed by atoms with E-state index < -0.39 is 12.0 Å². The number of carbonyl (C=O) groups is 1. The number of hydrogen-bond donors (Lipinski definition) is 1. The monoisotopic (exact) mass is 719 g/mol. The summed E-state index contributed by atoms with van der Waals surface area (Å²) in [5.41, 5.74) is 7.81. The Labute approximate surface area is 308 Å². The molecule has 2 aliphatic heterocycles. The molecule has 4 heterocycles. The highest BCUT2D eigenvalue weighted by Gasteiger charge is 2.29. The van der Waals surface area contributed by atoms with Gasteiger partial charge in [0.25, 0.3) is 0 Å². The number of ether oxygens (including phenoxy) is 2. The van der Waals surface area contributed by atoms with E-state index >= 15 is 0 Å². The van der Waals surface area contributed by atoms with Crippen molar-refractivity contribution in [2.24, 2.45) is 0 Å². The van der Waals surface area contributed by atoms with Gasteiger partial charge in [0.05, 0.1) is 10.6 Å². The number of hydrogen-bond acceptors (Lipinski definition) is 9. The highest BCUT2D eigenvalue weighted by atomic mass is 35.5. The largest absolute Gasteiger partial charge is 0.488 e. The van der Waals surface area contributed by atoms with E-state index in [0.29, 0.717) is 47.5 Å². The number of nitriles is 1. The average Bonchev–Trinajstić information content (AvgIpc) is 3.59. The first-order valence-electron chi connectivity index (χ1n) is 17.8. The number of aromatic nitrogens is 2. The van der Waals surface area contributed by atoms with Gasteiger partial charge in [0.2, 0.25) is 0 Å². The van der Waals surface area contributed by atoms with Gasteiger partial charge >= 0.3 is 5.97 Å². The lowest BCUT2D eigenvalue weighted by Gasteiger charge is -2.33. The van der Waals surface area contributed by atoms with E-state index in [9.17, 15) is 15.2 Å². The summed E-state index contributed by atoms with van der Waals surface area (Å²) in [6.07, 6.45) is 7.78. The van der Waals surface area contributed by atoms with E-state index in [1.807, 2.05) is 23.1 Å². The van der Waals surface area contributed by atoms with Gasteiger partial charge in [-0.25, -0.2) is 4.98 Å². The Balaban J connectivity index is 1.12. The normalized spacial score (nSPS) is 18.3. The van der Waals surface area contributed by atoms with Gasteiger partial charge in [-0.05, 0) is 99.3 Å². The molecule has 52 heavy (non-hydrogen) atoms. The van der Waals surface area contributed by atoms with Crippen molar-refractivity contribution in [3.63, 3.8) is 0 Å². The third-order valence-electron chi connectivity index (χ3n) is 10.2. The molecule has 5 aromatic rings. The van der Waals surface area contributed by atoms with Crippen LogP contribution >= 0.6 is 11.6 Å². The van der Waals surface area contributed by atoms with Crippen LogP contribution in [0.25, 0.3) is 22.2 Å². The number of carboxylic acids is 1. The van der Waals surface area contributed by atoms with Crippen molar-refractivity contribution < 1.29 is 23.8 Å². The zero-order chi connectivity index (χ0) is 36.2. The van der Waals surface area contributed by atoms with Gasteiger partial charge in [-0.3, -0.25) is 14.7 Å². The molecule has 11 heteroatoms. The fourth-order valence-corrected chi connectivity index (χ4v) is 7.62. The number of piperidine rings is 2. The van der Waals surface area contributed by atoms with Gasteiger partial charge < -0.3 is 23.9 Å². The Kier molecular flexibility index (Phi) is 10.7. The maximum absolute atomic E-state index is 12.1. The van der Waals surface area contributed by atoms with Gasteiger partial charge in [0, 0.05) is 48.6 Å². The standard InChI is InChI=1S/C41H42ClN5O5/c1-26-31(7-5-9-33(26)29-11-12-37-35(17-29)45-40(52-37)30-8-6-13-46(2)22-30)25-51-39-18-38(50-24-28-15-27(19-43)20-44-21-28)32(16-34(39)42)23-47-14-4-3-10-36(47)41(48)49/h5,7,9,11-12,15-18,20-21,30,36H,3-4,6,8,10,13-14,22-25H2,1-2H3,(H,48,49). The molecule has 2 atom stereocenters. The van der Waals surface area contributed by atoms with Crippen molar-refractivity contribution >= 4 is 28.7 Å². The molecule has 2 aromatic heterocycles. The molecule has 268 valence electrons. The number of carboxylic acid groups (broad SMARTS) is 1. The zero-order valence-corrected chi connectivity index (χ0v) is 30.2. The molecule has 0 saturated carbocycles. The third kappa shape index (κ3) is 7.92. The van der Waals surface area contributed by atoms with E-state index in [1.165, 1.54) is 6.20 Å². The van der Waals surface area contributed by atoms with E-state index in [4.69, 9.17) is 30.5 Å². The summed E-state index contributed by atoms with van der Waals surface area (Å²) in [6.45, 7) is 5.61. The van der Waals surface area contributed by atoms with Crippen molar-refractivity contribution in [1.82, 2.24) is 19.8 Å². The average molecular weight is 720 g/mol. The van der Waals surface area contributed by atoms with E-state index in [2.05, 4.69) is 48.1 Å². The summed E-state index contributed by atoms with van der Waals surface area (Å²) >= 11 is 6.85. The molecule has 2 aliphatic rings. The van der Waals surface area contributed by atoms with Gasteiger partial charge in [-0.1, -0.05) is 42.3 Å². The SMILES string of the molecule is Cc1c(COc2cc(OCc3cncc(C#N)c3)c(CN3CCCCC3C(=O)O)cc2Cl)cccc1-c1ccc2oc(C3CCCN(C)C3)nc2c1. The molecular formula is C41H42ClN5O5. The number of oxazole rings is 1. The fourth-order valence-electron chi connectivity index (χ4n) is 7.38. The van der Waals surface area contributed by atoms with Gasteiger partial charge in [-0.15, -0.1) is 0 Å².